The van der Waals surface area contributed by atoms with Crippen molar-refractivity contribution in [3.63, 3.8) is 0 Å². The zero-order valence-electron chi connectivity index (χ0n) is 6.45. The predicted octanol–water partition coefficient (Wildman–Crippen LogP) is 2.71. The van der Waals surface area contributed by atoms with Gasteiger partial charge in [0.1, 0.15) is 5.82 Å². The summed E-state index contributed by atoms with van der Waals surface area (Å²) in [5, 5.41) is -0.214. The van der Waals surface area contributed by atoms with E-state index >= 15 is 0 Å². The van der Waals surface area contributed by atoms with E-state index in [0.29, 0.717) is 0 Å². The van der Waals surface area contributed by atoms with Gasteiger partial charge in [0.15, 0.2) is 5.75 Å². The zero-order chi connectivity index (χ0) is 10.9. The molecular weight excluding hydrogens is 301 g/mol. The lowest BCUT2D eigenvalue weighted by molar-refractivity contribution is 0.283. The van der Waals surface area contributed by atoms with E-state index in [0.717, 1.165) is 12.1 Å². The van der Waals surface area contributed by atoms with Gasteiger partial charge in [-0.05, 0) is 28.1 Å². The summed E-state index contributed by atoms with van der Waals surface area (Å²) >= 11 is 8.30. The van der Waals surface area contributed by atoms with E-state index in [-0.39, 0.29) is 15.2 Å². The van der Waals surface area contributed by atoms with E-state index in [2.05, 4.69) is 20.5 Å². The van der Waals surface area contributed by atoms with E-state index in [1.165, 1.54) is 0 Å². The second-order valence-electron chi connectivity index (χ2n) is 2.28. The van der Waals surface area contributed by atoms with Crippen LogP contribution in [0.1, 0.15) is 0 Å². The molecule has 0 aliphatic carbocycles. The fraction of sp³-hybridized carbons (Fsp3) is 0. The van der Waals surface area contributed by atoms with Crippen LogP contribution in [0.5, 0.6) is 5.75 Å². The molecule has 78 valence electrons. The van der Waals surface area contributed by atoms with Crippen LogP contribution in [0.4, 0.5) is 4.39 Å². The molecule has 0 aliphatic heterocycles. The lowest BCUT2D eigenvalue weighted by Gasteiger charge is -2.08. The first-order valence-electron chi connectivity index (χ1n) is 3.19. The molecular formula is C6H4BrClFO4P. The van der Waals surface area contributed by atoms with Gasteiger partial charge in [-0.3, -0.25) is 9.79 Å². The van der Waals surface area contributed by atoms with Crippen LogP contribution in [0.3, 0.4) is 0 Å². The highest BCUT2D eigenvalue weighted by atomic mass is 79.9. The molecule has 2 N–H and O–H groups in total. The summed E-state index contributed by atoms with van der Waals surface area (Å²) in [6.07, 6.45) is 0. The molecule has 0 atom stereocenters. The van der Waals surface area contributed by atoms with Crippen molar-refractivity contribution < 1.29 is 23.3 Å². The normalized spacial score (nSPS) is 11.5. The number of halogens is 3. The zero-order valence-corrected chi connectivity index (χ0v) is 9.68. The molecule has 8 heteroatoms. The molecule has 0 saturated carbocycles. The van der Waals surface area contributed by atoms with Gasteiger partial charge in [-0.2, -0.15) is 0 Å². The standard InChI is InChI=1S/C6H4BrClFO4P/c7-3-1-6(13-14(10,11)12)4(8)2-5(3)9/h1-2H,(H2,10,11,12). The molecule has 1 aromatic carbocycles. The second-order valence-corrected chi connectivity index (χ2v) is 4.70. The van der Waals surface area contributed by atoms with Gasteiger partial charge in [0, 0.05) is 0 Å². The summed E-state index contributed by atoms with van der Waals surface area (Å²) in [6, 6.07) is 1.92. The van der Waals surface area contributed by atoms with Crippen LogP contribution in [0, 0.1) is 5.82 Å². The molecule has 0 bridgehead atoms. The monoisotopic (exact) mass is 304 g/mol. The Hall–Kier alpha value is -0.130. The van der Waals surface area contributed by atoms with Crippen molar-refractivity contribution in [3.05, 3.63) is 27.4 Å². The molecule has 0 aliphatic rings. The third kappa shape index (κ3) is 3.22. The van der Waals surface area contributed by atoms with Crippen LogP contribution in [0.15, 0.2) is 16.6 Å². The Balaban J connectivity index is 3.11. The topological polar surface area (TPSA) is 66.8 Å². The Morgan fingerprint density at radius 1 is 1.50 bits per heavy atom. The van der Waals surface area contributed by atoms with Crippen molar-refractivity contribution in [1.29, 1.82) is 0 Å². The van der Waals surface area contributed by atoms with E-state index in [9.17, 15) is 8.96 Å². The highest BCUT2D eigenvalue weighted by molar-refractivity contribution is 9.10. The Labute approximate surface area is 92.0 Å². The fourth-order valence-corrected chi connectivity index (χ4v) is 1.67. The van der Waals surface area contributed by atoms with Gasteiger partial charge in [-0.25, -0.2) is 8.96 Å². The first kappa shape index (κ1) is 11.9. The van der Waals surface area contributed by atoms with E-state index in [1.807, 2.05) is 0 Å². The van der Waals surface area contributed by atoms with E-state index in [1.54, 1.807) is 0 Å². The second kappa shape index (κ2) is 4.16. The van der Waals surface area contributed by atoms with Gasteiger partial charge in [0.25, 0.3) is 0 Å². The van der Waals surface area contributed by atoms with Gasteiger partial charge >= 0.3 is 7.82 Å². The Bertz CT molecular complexity index is 407. The molecule has 0 heterocycles. The molecule has 0 radical (unpaired) electrons. The maximum Gasteiger partial charge on any atom is 0.524 e. The molecule has 0 saturated heterocycles. The van der Waals surface area contributed by atoms with Gasteiger partial charge in [-0.1, -0.05) is 11.6 Å². The molecule has 0 unspecified atom stereocenters. The maximum absolute atomic E-state index is 12.8. The summed E-state index contributed by atoms with van der Waals surface area (Å²) < 4.78 is 27.5. The van der Waals surface area contributed by atoms with Gasteiger partial charge in [0.05, 0.1) is 9.50 Å². The molecule has 1 rings (SSSR count). The minimum absolute atomic E-state index is 0.00495. The Morgan fingerprint density at radius 3 is 2.57 bits per heavy atom. The van der Waals surface area contributed by atoms with Crippen LogP contribution in [0.2, 0.25) is 5.02 Å². The SMILES string of the molecule is O=P(O)(O)Oc1cc(Br)c(F)cc1Cl. The molecule has 0 amide bonds. The van der Waals surface area contributed by atoms with Crippen LogP contribution >= 0.6 is 35.4 Å². The van der Waals surface area contributed by atoms with Crippen molar-refractivity contribution in [1.82, 2.24) is 0 Å². The van der Waals surface area contributed by atoms with Crippen molar-refractivity contribution in [3.8, 4) is 5.75 Å². The van der Waals surface area contributed by atoms with Gasteiger partial charge in [-0.15, -0.1) is 0 Å². The van der Waals surface area contributed by atoms with E-state index < -0.39 is 13.6 Å². The first-order valence-corrected chi connectivity index (χ1v) is 5.89. The lowest BCUT2D eigenvalue weighted by Crippen LogP contribution is -1.92. The third-order valence-corrected chi connectivity index (χ3v) is 2.53. The lowest BCUT2D eigenvalue weighted by atomic mass is 10.3. The summed E-state index contributed by atoms with van der Waals surface area (Å²) in [6.45, 7) is 0. The number of benzene rings is 1. The van der Waals surface area contributed by atoms with Gasteiger partial charge < -0.3 is 4.52 Å². The van der Waals surface area contributed by atoms with Crippen molar-refractivity contribution >= 4 is 35.4 Å². The number of phosphoric acid groups is 1. The maximum atomic E-state index is 12.8. The third-order valence-electron chi connectivity index (χ3n) is 1.19. The summed E-state index contributed by atoms with van der Waals surface area (Å²) in [7, 11) is -4.68. The Kier molecular flexibility index (Phi) is 3.55. The van der Waals surface area contributed by atoms with Crippen LogP contribution in [0.25, 0.3) is 0 Å². The number of hydrogen-bond donors (Lipinski definition) is 2. The average molecular weight is 305 g/mol. The van der Waals surface area contributed by atoms with Crippen LogP contribution < -0.4 is 4.52 Å². The van der Waals surface area contributed by atoms with Crippen molar-refractivity contribution in [2.24, 2.45) is 0 Å². The molecule has 0 spiro atoms. The van der Waals surface area contributed by atoms with E-state index in [4.69, 9.17) is 21.4 Å². The first-order chi connectivity index (χ1) is 6.29. The van der Waals surface area contributed by atoms with Gasteiger partial charge in [0.2, 0.25) is 0 Å². The van der Waals surface area contributed by atoms with Crippen molar-refractivity contribution in [2.75, 3.05) is 0 Å². The highest BCUT2D eigenvalue weighted by Crippen LogP contribution is 2.42. The van der Waals surface area contributed by atoms with Crippen LogP contribution in [-0.4, -0.2) is 9.79 Å². The molecule has 1 aromatic rings. The largest absolute Gasteiger partial charge is 0.524 e. The Morgan fingerprint density at radius 2 is 2.07 bits per heavy atom. The summed E-state index contributed by atoms with van der Waals surface area (Å²) in [5.74, 6) is -0.929. The minimum Gasteiger partial charge on any atom is -0.403 e. The van der Waals surface area contributed by atoms with Crippen molar-refractivity contribution in [2.45, 2.75) is 0 Å². The highest BCUT2D eigenvalue weighted by Gasteiger charge is 2.19. The average Bonchev–Trinajstić information content (AvgIpc) is 1.97. The molecule has 14 heavy (non-hydrogen) atoms. The number of phosphoric ester groups is 1. The molecule has 4 nitrogen and oxygen atoms in total. The summed E-state index contributed by atoms with van der Waals surface area (Å²) in [4.78, 5) is 17.0. The molecule has 0 fully saturated rings. The number of rotatable bonds is 2. The fourth-order valence-electron chi connectivity index (χ4n) is 0.702. The predicted molar refractivity (Wildman–Crippen MR) is 51.8 cm³/mol. The minimum atomic E-state index is -4.68. The molecule has 0 aromatic heterocycles. The quantitative estimate of drug-likeness (QED) is 0.651. The smallest absolute Gasteiger partial charge is 0.403 e. The van der Waals surface area contributed by atoms with Crippen LogP contribution in [-0.2, 0) is 4.57 Å². The number of hydrogen-bond acceptors (Lipinski definition) is 2. The summed E-state index contributed by atoms with van der Waals surface area (Å²) in [5.41, 5.74) is 0.